The second-order valence-corrected chi connectivity index (χ2v) is 7.21. The van der Waals surface area contributed by atoms with Crippen LogP contribution in [-0.4, -0.2) is 0 Å². The average molecular weight is 291 g/mol. The number of rotatable bonds is 2. The van der Waals surface area contributed by atoms with Gasteiger partial charge in [-0.15, -0.1) is 11.6 Å². The zero-order chi connectivity index (χ0) is 13.8. The molecule has 1 fully saturated rings. The van der Waals surface area contributed by atoms with Crippen molar-refractivity contribution in [3.63, 3.8) is 0 Å². The monoisotopic (exact) mass is 290 g/mol. The van der Waals surface area contributed by atoms with Crippen LogP contribution in [0.15, 0.2) is 18.2 Å². The lowest BCUT2D eigenvalue weighted by Crippen LogP contribution is -2.12. The van der Waals surface area contributed by atoms with E-state index in [1.54, 1.807) is 11.1 Å². The zero-order valence-corrected chi connectivity index (χ0v) is 13.3. The van der Waals surface area contributed by atoms with E-state index < -0.39 is 0 Å². The fourth-order valence-electron chi connectivity index (χ4n) is 3.98. The van der Waals surface area contributed by atoms with Crippen LogP contribution in [0.2, 0.25) is 0 Å². The summed E-state index contributed by atoms with van der Waals surface area (Å²) in [6, 6.07) is 7.08. The lowest BCUT2D eigenvalue weighted by atomic mass is 9.84. The first kappa shape index (κ1) is 14.4. The van der Waals surface area contributed by atoms with Gasteiger partial charge < -0.3 is 0 Å². The van der Waals surface area contributed by atoms with Gasteiger partial charge in [-0.3, -0.25) is 0 Å². The van der Waals surface area contributed by atoms with E-state index in [-0.39, 0.29) is 5.38 Å². The summed E-state index contributed by atoms with van der Waals surface area (Å²) in [6.07, 6.45) is 14.9. The van der Waals surface area contributed by atoms with E-state index in [9.17, 15) is 0 Å². The molecule has 0 aromatic heterocycles. The maximum absolute atomic E-state index is 6.85. The molecule has 0 N–H and O–H groups in total. The van der Waals surface area contributed by atoms with Gasteiger partial charge in [-0.2, -0.15) is 0 Å². The van der Waals surface area contributed by atoms with E-state index in [1.165, 1.54) is 76.2 Å². The molecule has 1 aromatic rings. The number of hydrogen-bond donors (Lipinski definition) is 0. The smallest absolute Gasteiger partial charge is 0.0613 e. The van der Waals surface area contributed by atoms with E-state index >= 15 is 0 Å². The lowest BCUT2D eigenvalue weighted by Gasteiger charge is -2.26. The molecule has 0 saturated heterocycles. The van der Waals surface area contributed by atoms with Crippen molar-refractivity contribution in [2.75, 3.05) is 0 Å². The Morgan fingerprint density at radius 3 is 2.20 bits per heavy atom. The molecular weight excluding hydrogens is 264 g/mol. The molecule has 0 heterocycles. The number of alkyl halides is 1. The molecule has 1 saturated carbocycles. The highest BCUT2D eigenvalue weighted by atomic mass is 35.5. The first-order valence-electron chi connectivity index (χ1n) is 8.60. The van der Waals surface area contributed by atoms with Gasteiger partial charge in [0.05, 0.1) is 5.38 Å². The molecule has 0 aliphatic heterocycles. The highest BCUT2D eigenvalue weighted by Gasteiger charge is 2.22. The van der Waals surface area contributed by atoms with Crippen molar-refractivity contribution in [2.45, 2.75) is 76.0 Å². The third kappa shape index (κ3) is 3.39. The molecule has 2 aliphatic carbocycles. The fourth-order valence-corrected chi connectivity index (χ4v) is 4.37. The van der Waals surface area contributed by atoms with Crippen molar-refractivity contribution >= 4 is 11.6 Å². The van der Waals surface area contributed by atoms with Crippen LogP contribution in [0.1, 0.15) is 79.9 Å². The number of benzene rings is 1. The third-order valence-corrected chi connectivity index (χ3v) is 5.86. The Balaban J connectivity index is 1.73. The van der Waals surface area contributed by atoms with E-state index in [4.69, 9.17) is 11.6 Å². The Labute approximate surface area is 128 Å². The SMILES string of the molecule is ClC(c1ccc2c(c1)CCCC2)C1CCCCCCC1. The summed E-state index contributed by atoms with van der Waals surface area (Å²) in [5.41, 5.74) is 4.53. The molecule has 0 spiro atoms. The summed E-state index contributed by atoms with van der Waals surface area (Å²) in [4.78, 5) is 0. The summed E-state index contributed by atoms with van der Waals surface area (Å²) in [5.74, 6) is 0.693. The standard InChI is InChI=1S/C19H27Cl/c20-19(16-9-4-2-1-3-5-10-16)18-13-12-15-8-6-7-11-17(15)14-18/h12-14,16,19H,1-11H2. The molecule has 0 nitrogen and oxygen atoms in total. The van der Waals surface area contributed by atoms with E-state index in [1.807, 2.05) is 0 Å². The minimum absolute atomic E-state index is 0.236. The van der Waals surface area contributed by atoms with Crippen LogP contribution in [0.5, 0.6) is 0 Å². The lowest BCUT2D eigenvalue weighted by molar-refractivity contribution is 0.368. The Morgan fingerprint density at radius 2 is 1.45 bits per heavy atom. The first-order chi connectivity index (χ1) is 9.84. The maximum Gasteiger partial charge on any atom is 0.0613 e. The number of fused-ring (bicyclic) bond motifs is 1. The molecule has 2 aliphatic rings. The average Bonchev–Trinajstić information content (AvgIpc) is 2.46. The molecule has 110 valence electrons. The second-order valence-electron chi connectivity index (χ2n) is 6.74. The van der Waals surface area contributed by atoms with Gasteiger partial charge in [0.25, 0.3) is 0 Å². The number of hydrogen-bond acceptors (Lipinski definition) is 0. The van der Waals surface area contributed by atoms with Crippen LogP contribution in [0, 0.1) is 5.92 Å². The van der Waals surface area contributed by atoms with Crippen LogP contribution in [-0.2, 0) is 12.8 Å². The normalized spacial score (nSPS) is 22.6. The second kappa shape index (κ2) is 6.98. The fraction of sp³-hybridized carbons (Fsp3) is 0.684. The summed E-state index contributed by atoms with van der Waals surface area (Å²) in [6.45, 7) is 0. The van der Waals surface area contributed by atoms with Crippen molar-refractivity contribution in [3.05, 3.63) is 34.9 Å². The molecule has 1 aromatic carbocycles. The van der Waals surface area contributed by atoms with Gasteiger partial charge in [0, 0.05) is 0 Å². The molecule has 1 heteroatoms. The van der Waals surface area contributed by atoms with Crippen LogP contribution >= 0.6 is 11.6 Å². The van der Waals surface area contributed by atoms with Crippen molar-refractivity contribution in [3.8, 4) is 0 Å². The predicted octanol–water partition coefficient (Wildman–Crippen LogP) is 6.21. The van der Waals surface area contributed by atoms with E-state index in [2.05, 4.69) is 18.2 Å². The quantitative estimate of drug-likeness (QED) is 0.568. The van der Waals surface area contributed by atoms with E-state index in [0.717, 1.165) is 0 Å². The van der Waals surface area contributed by atoms with Gasteiger partial charge in [-0.05, 0) is 61.1 Å². The Bertz CT molecular complexity index is 429. The molecule has 3 rings (SSSR count). The highest BCUT2D eigenvalue weighted by molar-refractivity contribution is 6.21. The Morgan fingerprint density at radius 1 is 0.800 bits per heavy atom. The van der Waals surface area contributed by atoms with Gasteiger partial charge in [0.1, 0.15) is 0 Å². The maximum atomic E-state index is 6.85. The molecule has 0 bridgehead atoms. The van der Waals surface area contributed by atoms with Gasteiger partial charge in [-0.1, -0.05) is 50.3 Å². The Kier molecular flexibility index (Phi) is 5.04. The topological polar surface area (TPSA) is 0 Å². The van der Waals surface area contributed by atoms with Crippen LogP contribution in [0.25, 0.3) is 0 Å². The van der Waals surface area contributed by atoms with Gasteiger partial charge in [-0.25, -0.2) is 0 Å². The van der Waals surface area contributed by atoms with Crippen LogP contribution in [0.3, 0.4) is 0 Å². The number of aryl methyl sites for hydroxylation is 2. The molecule has 0 radical (unpaired) electrons. The minimum Gasteiger partial charge on any atom is -0.118 e. The van der Waals surface area contributed by atoms with Gasteiger partial charge in [0.2, 0.25) is 0 Å². The van der Waals surface area contributed by atoms with Crippen molar-refractivity contribution in [1.29, 1.82) is 0 Å². The van der Waals surface area contributed by atoms with Crippen molar-refractivity contribution < 1.29 is 0 Å². The van der Waals surface area contributed by atoms with Crippen molar-refractivity contribution in [2.24, 2.45) is 5.92 Å². The van der Waals surface area contributed by atoms with Crippen LogP contribution < -0.4 is 0 Å². The first-order valence-corrected chi connectivity index (χ1v) is 9.04. The summed E-state index contributed by atoms with van der Waals surface area (Å²) >= 11 is 6.85. The predicted molar refractivity (Wildman–Crippen MR) is 87.5 cm³/mol. The Hall–Kier alpha value is -0.490. The third-order valence-electron chi connectivity index (χ3n) is 5.25. The summed E-state index contributed by atoms with van der Waals surface area (Å²) in [7, 11) is 0. The zero-order valence-electron chi connectivity index (χ0n) is 12.5. The van der Waals surface area contributed by atoms with Gasteiger partial charge >= 0.3 is 0 Å². The molecule has 1 unspecified atom stereocenters. The largest absolute Gasteiger partial charge is 0.118 e. The van der Waals surface area contributed by atoms with E-state index in [0.29, 0.717) is 5.92 Å². The molecule has 1 atom stereocenters. The molecule has 20 heavy (non-hydrogen) atoms. The van der Waals surface area contributed by atoms with Gasteiger partial charge in [0.15, 0.2) is 0 Å². The highest BCUT2D eigenvalue weighted by Crippen LogP contribution is 2.38. The summed E-state index contributed by atoms with van der Waals surface area (Å²) in [5, 5.41) is 0.236. The van der Waals surface area contributed by atoms with Crippen LogP contribution in [0.4, 0.5) is 0 Å². The molecular formula is C19H27Cl. The van der Waals surface area contributed by atoms with Crippen molar-refractivity contribution in [1.82, 2.24) is 0 Å². The number of halogens is 1. The molecule has 0 amide bonds. The minimum atomic E-state index is 0.236. The summed E-state index contributed by atoms with van der Waals surface area (Å²) < 4.78 is 0.